The van der Waals surface area contributed by atoms with Gasteiger partial charge in [0.1, 0.15) is 11.7 Å². The number of nitrogens with zero attached hydrogens (tertiary/aromatic N) is 4. The van der Waals surface area contributed by atoms with Crippen LogP contribution in [-0.2, 0) is 9.53 Å². The number of thiazole rings is 1. The Hall–Kier alpha value is -3.86. The van der Waals surface area contributed by atoms with E-state index >= 15 is 0 Å². The third-order valence-electron chi connectivity index (χ3n) is 6.04. The number of benzene rings is 1. The smallest absolute Gasteiger partial charge is 0.338 e. The zero-order valence-electron chi connectivity index (χ0n) is 19.8. The predicted molar refractivity (Wildman–Crippen MR) is 147 cm³/mol. The number of para-hydroxylation sites is 1. The zero-order chi connectivity index (χ0) is 25.5. The minimum atomic E-state index is -0.588. The third-order valence-corrected chi connectivity index (χ3v) is 8.83. The maximum atomic E-state index is 13.8. The van der Waals surface area contributed by atoms with Crippen molar-refractivity contribution in [3.05, 3.63) is 113 Å². The van der Waals surface area contributed by atoms with Crippen molar-refractivity contribution in [2.45, 2.75) is 13.0 Å². The van der Waals surface area contributed by atoms with E-state index in [9.17, 15) is 9.59 Å². The zero-order valence-corrected chi connectivity index (χ0v) is 22.3. The second kappa shape index (κ2) is 9.55. The van der Waals surface area contributed by atoms with Gasteiger partial charge in [0.15, 0.2) is 4.80 Å². The lowest BCUT2D eigenvalue weighted by molar-refractivity contribution is -0.136. The van der Waals surface area contributed by atoms with E-state index in [1.54, 1.807) is 22.8 Å². The molecule has 0 radical (unpaired) electrons. The molecular weight excluding hydrogens is 525 g/mol. The van der Waals surface area contributed by atoms with Crippen molar-refractivity contribution in [1.29, 1.82) is 0 Å². The summed E-state index contributed by atoms with van der Waals surface area (Å²) in [5, 5.41) is 8.78. The summed E-state index contributed by atoms with van der Waals surface area (Å²) < 4.78 is 9.01. The summed E-state index contributed by atoms with van der Waals surface area (Å²) in [5.41, 5.74) is 3.27. The number of hydrogen-bond donors (Lipinski definition) is 0. The first kappa shape index (κ1) is 23.5. The molecule has 0 fully saturated rings. The molecule has 0 spiro atoms. The number of thiophene rings is 2. The minimum Gasteiger partial charge on any atom is -0.466 e. The quantitative estimate of drug-likeness (QED) is 0.308. The number of aromatic nitrogens is 3. The fraction of sp³-hybridized carbons (Fsp3) is 0.111. The Morgan fingerprint density at radius 2 is 1.84 bits per heavy atom. The first-order chi connectivity index (χ1) is 18.0. The molecule has 0 saturated heterocycles. The number of ether oxygens (including phenoxy) is 1. The van der Waals surface area contributed by atoms with Crippen LogP contribution < -0.4 is 14.9 Å². The van der Waals surface area contributed by atoms with Crippen LogP contribution in [0.1, 0.15) is 23.4 Å². The van der Waals surface area contributed by atoms with E-state index in [0.717, 1.165) is 26.7 Å². The van der Waals surface area contributed by atoms with Gasteiger partial charge in [-0.2, -0.15) is 5.10 Å². The van der Waals surface area contributed by atoms with Crippen molar-refractivity contribution >= 4 is 46.1 Å². The summed E-state index contributed by atoms with van der Waals surface area (Å²) in [6.45, 7) is 1.78. The molecule has 1 aromatic carbocycles. The molecule has 0 amide bonds. The summed E-state index contributed by atoms with van der Waals surface area (Å²) in [7, 11) is 1.34. The molecule has 0 bridgehead atoms. The largest absolute Gasteiger partial charge is 0.466 e. The molecule has 0 saturated carbocycles. The number of allylic oxidation sites excluding steroid dienone is 1. The molecule has 10 heteroatoms. The van der Waals surface area contributed by atoms with Gasteiger partial charge in [0, 0.05) is 16.6 Å². The Balaban J connectivity index is 1.56. The standard InChI is InChI=1S/C27H20N4O3S3/c1-16-22(26(33)34-2)24(20-11-7-13-36-20)31-25(32)21(37-27(31)28-16)14-17-15-30(18-8-4-3-5-9-18)29-23(17)19-10-6-12-35-19/h3-15,24H,1-2H3/b21-14+/t24-/m0/s1. The van der Waals surface area contributed by atoms with Crippen LogP contribution in [0.5, 0.6) is 0 Å². The molecule has 1 aliphatic heterocycles. The highest BCUT2D eigenvalue weighted by Crippen LogP contribution is 2.33. The van der Waals surface area contributed by atoms with Gasteiger partial charge in [0.25, 0.3) is 5.56 Å². The summed E-state index contributed by atoms with van der Waals surface area (Å²) in [6.07, 6.45) is 3.80. The van der Waals surface area contributed by atoms with E-state index in [1.165, 1.54) is 29.8 Å². The summed E-state index contributed by atoms with van der Waals surface area (Å²) in [4.78, 5) is 33.7. The van der Waals surface area contributed by atoms with Crippen LogP contribution in [0.4, 0.5) is 0 Å². The molecule has 37 heavy (non-hydrogen) atoms. The lowest BCUT2D eigenvalue weighted by Gasteiger charge is -2.22. The van der Waals surface area contributed by atoms with Crippen molar-refractivity contribution in [1.82, 2.24) is 14.3 Å². The molecule has 0 unspecified atom stereocenters. The predicted octanol–water partition coefficient (Wildman–Crippen LogP) is 4.38. The van der Waals surface area contributed by atoms with Crippen LogP contribution in [0.3, 0.4) is 0 Å². The maximum Gasteiger partial charge on any atom is 0.338 e. The van der Waals surface area contributed by atoms with Gasteiger partial charge in [-0.3, -0.25) is 9.36 Å². The monoisotopic (exact) mass is 544 g/mol. The average Bonchev–Trinajstić information content (AvgIpc) is 3.72. The van der Waals surface area contributed by atoms with Gasteiger partial charge in [-0.1, -0.05) is 41.7 Å². The topological polar surface area (TPSA) is 78.5 Å². The minimum absolute atomic E-state index is 0.208. The van der Waals surface area contributed by atoms with Crippen molar-refractivity contribution in [3.63, 3.8) is 0 Å². The molecule has 6 rings (SSSR count). The number of carbonyl (C=O) groups excluding carboxylic acids is 1. The molecule has 7 nitrogen and oxygen atoms in total. The van der Waals surface area contributed by atoms with Crippen molar-refractivity contribution in [2.75, 3.05) is 7.11 Å². The lowest BCUT2D eigenvalue weighted by atomic mass is 10.0. The summed E-state index contributed by atoms with van der Waals surface area (Å²) in [6, 6.07) is 17.1. The number of carbonyl (C=O) groups is 1. The number of esters is 1. The van der Waals surface area contributed by atoms with Crippen LogP contribution in [0, 0.1) is 0 Å². The van der Waals surface area contributed by atoms with Gasteiger partial charge < -0.3 is 4.74 Å². The Labute approximate surface area is 223 Å². The third kappa shape index (κ3) is 4.12. The Bertz CT molecular complexity index is 1810. The fourth-order valence-corrected chi connectivity index (χ4v) is 6.95. The van der Waals surface area contributed by atoms with Gasteiger partial charge >= 0.3 is 5.97 Å². The molecule has 1 aliphatic rings. The average molecular weight is 545 g/mol. The highest BCUT2D eigenvalue weighted by molar-refractivity contribution is 7.13. The lowest BCUT2D eigenvalue weighted by Crippen LogP contribution is -2.39. The molecule has 4 aromatic heterocycles. The highest BCUT2D eigenvalue weighted by atomic mass is 32.1. The van der Waals surface area contributed by atoms with Gasteiger partial charge in [-0.05, 0) is 48.0 Å². The Morgan fingerprint density at radius 3 is 2.54 bits per heavy atom. The molecule has 184 valence electrons. The van der Waals surface area contributed by atoms with Crippen molar-refractivity contribution in [2.24, 2.45) is 4.99 Å². The van der Waals surface area contributed by atoms with E-state index in [4.69, 9.17) is 9.84 Å². The molecule has 5 aromatic rings. The summed E-state index contributed by atoms with van der Waals surface area (Å²) in [5.74, 6) is -0.488. The van der Waals surface area contributed by atoms with Gasteiger partial charge in [-0.15, -0.1) is 22.7 Å². The first-order valence-electron chi connectivity index (χ1n) is 11.4. The van der Waals surface area contributed by atoms with E-state index in [2.05, 4.69) is 4.99 Å². The first-order valence-corrected chi connectivity index (χ1v) is 14.0. The van der Waals surface area contributed by atoms with Gasteiger partial charge in [-0.25, -0.2) is 14.5 Å². The molecular formula is C27H20N4O3S3. The molecule has 1 atom stereocenters. The molecule has 5 heterocycles. The number of methoxy groups -OCH3 is 1. The van der Waals surface area contributed by atoms with E-state index in [-0.39, 0.29) is 5.56 Å². The molecule has 0 N–H and O–H groups in total. The van der Waals surface area contributed by atoms with Gasteiger partial charge in [0.05, 0.1) is 33.5 Å². The van der Waals surface area contributed by atoms with Crippen LogP contribution in [0.25, 0.3) is 22.3 Å². The highest BCUT2D eigenvalue weighted by Gasteiger charge is 2.33. The Morgan fingerprint density at radius 1 is 1.05 bits per heavy atom. The number of fused-ring (bicyclic) bond motifs is 1. The van der Waals surface area contributed by atoms with Crippen LogP contribution in [0.15, 0.2) is 92.6 Å². The Kier molecular flexibility index (Phi) is 6.07. The second-order valence-electron chi connectivity index (χ2n) is 8.28. The fourth-order valence-electron chi connectivity index (χ4n) is 4.36. The number of hydrogen-bond acceptors (Lipinski definition) is 8. The van der Waals surface area contributed by atoms with Crippen LogP contribution in [-0.4, -0.2) is 27.4 Å². The maximum absolute atomic E-state index is 13.8. The second-order valence-corrected chi connectivity index (χ2v) is 11.2. The molecule has 0 aliphatic carbocycles. The van der Waals surface area contributed by atoms with E-state index in [0.29, 0.717) is 20.6 Å². The summed E-state index contributed by atoms with van der Waals surface area (Å²) >= 11 is 4.39. The number of rotatable bonds is 5. The van der Waals surface area contributed by atoms with Crippen LogP contribution in [0.2, 0.25) is 0 Å². The van der Waals surface area contributed by atoms with E-state index < -0.39 is 12.0 Å². The van der Waals surface area contributed by atoms with Gasteiger partial charge in [0.2, 0.25) is 0 Å². The van der Waals surface area contributed by atoms with Crippen LogP contribution >= 0.6 is 34.0 Å². The van der Waals surface area contributed by atoms with Crippen molar-refractivity contribution in [3.8, 4) is 16.3 Å². The van der Waals surface area contributed by atoms with Crippen molar-refractivity contribution < 1.29 is 9.53 Å². The van der Waals surface area contributed by atoms with E-state index in [1.807, 2.05) is 82.3 Å². The SMILES string of the molecule is COC(=O)C1=C(C)N=c2s/c(=C/c3cn(-c4ccccc4)nc3-c3cccs3)c(=O)n2[C@H]1c1cccs1. The normalized spacial score (nSPS) is 15.5.